The third-order valence-electron chi connectivity index (χ3n) is 9.65. The lowest BCUT2D eigenvalue weighted by Gasteiger charge is -2.39. The molecular weight excluding hydrogens is 645 g/mol. The van der Waals surface area contributed by atoms with Gasteiger partial charge in [-0.3, -0.25) is 8.42 Å². The summed E-state index contributed by atoms with van der Waals surface area (Å²) in [6, 6.07) is 13.3. The van der Waals surface area contributed by atoms with Gasteiger partial charge >= 0.3 is 0 Å². The minimum atomic E-state index is -5.17. The molecule has 0 fully saturated rings. The molecule has 0 aliphatic carbocycles. The van der Waals surface area contributed by atoms with Crippen molar-refractivity contribution in [3.05, 3.63) is 42.5 Å². The SMILES string of the molecule is CCCC[N+](CCCC)(CCCC)CCCC.CCCC[N+](CCCC)(CCCC)CCCC.O=S(=O)([O-])[O-].Oc1cccc2ccccc12. The molecule has 0 aromatic heterocycles. The average molecular weight is 725 g/mol. The summed E-state index contributed by atoms with van der Waals surface area (Å²) >= 11 is 0. The average Bonchev–Trinajstić information content (AvgIpc) is 3.10. The van der Waals surface area contributed by atoms with Gasteiger partial charge in [0.15, 0.2) is 0 Å². The number of hydrogen-bond donors (Lipinski definition) is 1. The van der Waals surface area contributed by atoms with E-state index in [0.717, 1.165) is 10.8 Å². The van der Waals surface area contributed by atoms with Crippen LogP contribution in [-0.4, -0.2) is 84.0 Å². The minimum absolute atomic E-state index is 0.350. The van der Waals surface area contributed by atoms with Crippen LogP contribution in [0.2, 0.25) is 0 Å². The molecule has 0 heterocycles. The summed E-state index contributed by atoms with van der Waals surface area (Å²) in [6.07, 6.45) is 22.1. The number of phenols is 1. The van der Waals surface area contributed by atoms with Crippen molar-refractivity contribution in [3.63, 3.8) is 0 Å². The molecule has 0 saturated heterocycles. The summed E-state index contributed by atoms with van der Waals surface area (Å²) in [4.78, 5) is 0. The molecule has 2 aromatic carbocycles. The maximum atomic E-state index is 9.37. The number of hydrogen-bond acceptors (Lipinski definition) is 5. The highest BCUT2D eigenvalue weighted by Gasteiger charge is 2.25. The van der Waals surface area contributed by atoms with Gasteiger partial charge < -0.3 is 23.2 Å². The van der Waals surface area contributed by atoms with E-state index in [0.29, 0.717) is 5.75 Å². The van der Waals surface area contributed by atoms with Crippen molar-refractivity contribution in [2.45, 2.75) is 158 Å². The molecule has 0 aliphatic heterocycles. The molecule has 0 amide bonds. The highest BCUT2D eigenvalue weighted by atomic mass is 32.3. The molecule has 8 heteroatoms. The number of fused-ring (bicyclic) bond motifs is 1. The van der Waals surface area contributed by atoms with E-state index in [2.05, 4.69) is 55.4 Å². The zero-order valence-corrected chi connectivity index (χ0v) is 34.7. The van der Waals surface area contributed by atoms with Crippen LogP contribution < -0.4 is 0 Å². The van der Waals surface area contributed by atoms with Gasteiger partial charge in [-0.25, -0.2) is 0 Å². The Labute approximate surface area is 310 Å². The van der Waals surface area contributed by atoms with E-state index < -0.39 is 10.4 Å². The van der Waals surface area contributed by atoms with Gasteiger partial charge in [0, 0.05) is 15.8 Å². The summed E-state index contributed by atoms with van der Waals surface area (Å²) < 4.78 is 36.9. The van der Waals surface area contributed by atoms with Crippen molar-refractivity contribution < 1.29 is 31.6 Å². The Kier molecular flexibility index (Phi) is 32.2. The molecular formula is C42H80N2O5S. The summed E-state index contributed by atoms with van der Waals surface area (Å²) in [5.41, 5.74) is 0. The standard InChI is InChI=1S/2C16H36N.C10H8O.H2O4S/c2*1-5-9-13-17(14-10-6-2,15-11-7-3)16-12-8-4;11-10-7-3-5-8-4-1-2-6-9(8)10;1-5(2,3)4/h2*5-16H2,1-4H3;1-7,11H;(H2,1,2,3,4)/q2*+1;;/p-2. The van der Waals surface area contributed by atoms with E-state index in [9.17, 15) is 5.11 Å². The lowest BCUT2D eigenvalue weighted by Crippen LogP contribution is -2.50. The van der Waals surface area contributed by atoms with Gasteiger partial charge in [0.05, 0.1) is 52.4 Å². The third-order valence-corrected chi connectivity index (χ3v) is 9.65. The Morgan fingerprint density at radius 1 is 0.460 bits per heavy atom. The van der Waals surface area contributed by atoms with Crippen LogP contribution >= 0.6 is 0 Å². The predicted molar refractivity (Wildman–Crippen MR) is 215 cm³/mol. The highest BCUT2D eigenvalue weighted by molar-refractivity contribution is 7.79. The lowest BCUT2D eigenvalue weighted by molar-refractivity contribution is -0.929. The van der Waals surface area contributed by atoms with Crippen molar-refractivity contribution in [2.75, 3.05) is 52.4 Å². The Bertz CT molecular complexity index is 1020. The van der Waals surface area contributed by atoms with Crippen LogP contribution in [-0.2, 0) is 10.4 Å². The van der Waals surface area contributed by atoms with Crippen LogP contribution in [0.3, 0.4) is 0 Å². The quantitative estimate of drug-likeness (QED) is 0.0660. The van der Waals surface area contributed by atoms with Crippen molar-refractivity contribution in [1.29, 1.82) is 0 Å². The molecule has 0 saturated carbocycles. The molecule has 0 radical (unpaired) electrons. The molecule has 0 atom stereocenters. The fraction of sp³-hybridized carbons (Fsp3) is 0.762. The lowest BCUT2D eigenvalue weighted by atomic mass is 10.1. The number of benzene rings is 2. The molecule has 2 rings (SSSR count). The van der Waals surface area contributed by atoms with Crippen LogP contribution in [0.5, 0.6) is 5.75 Å². The van der Waals surface area contributed by atoms with E-state index in [1.54, 1.807) is 6.07 Å². The fourth-order valence-electron chi connectivity index (χ4n) is 6.50. The van der Waals surface area contributed by atoms with Crippen molar-refractivity contribution >= 4 is 21.2 Å². The maximum Gasteiger partial charge on any atom is 0.123 e. The van der Waals surface area contributed by atoms with Crippen LogP contribution in [0.15, 0.2) is 42.5 Å². The van der Waals surface area contributed by atoms with Crippen LogP contribution in [0.25, 0.3) is 10.8 Å². The Balaban J connectivity index is 0. The number of unbranched alkanes of at least 4 members (excludes halogenated alkanes) is 8. The maximum absolute atomic E-state index is 9.37. The molecule has 2 aromatic rings. The first-order chi connectivity index (χ1) is 23.9. The van der Waals surface area contributed by atoms with Gasteiger partial charge in [-0.05, 0) is 62.8 Å². The first kappa shape index (κ1) is 50.4. The predicted octanol–water partition coefficient (Wildman–Crippen LogP) is 11.2. The summed E-state index contributed by atoms with van der Waals surface area (Å²) in [6.45, 7) is 30.0. The molecule has 50 heavy (non-hydrogen) atoms. The summed E-state index contributed by atoms with van der Waals surface area (Å²) in [5, 5.41) is 11.4. The van der Waals surface area contributed by atoms with Gasteiger partial charge in [0.2, 0.25) is 0 Å². The zero-order valence-electron chi connectivity index (χ0n) is 33.9. The fourth-order valence-corrected chi connectivity index (χ4v) is 6.50. The second-order valence-corrected chi connectivity index (χ2v) is 15.0. The van der Waals surface area contributed by atoms with E-state index in [1.165, 1.54) is 164 Å². The van der Waals surface area contributed by atoms with Gasteiger partial charge in [0.25, 0.3) is 0 Å². The van der Waals surface area contributed by atoms with Gasteiger partial charge in [-0.15, -0.1) is 0 Å². The third kappa shape index (κ3) is 27.0. The Morgan fingerprint density at radius 3 is 0.940 bits per heavy atom. The topological polar surface area (TPSA) is 100 Å². The summed E-state index contributed by atoms with van der Waals surface area (Å²) in [7, 11) is -5.17. The monoisotopic (exact) mass is 725 g/mol. The van der Waals surface area contributed by atoms with Crippen molar-refractivity contribution in [1.82, 2.24) is 0 Å². The first-order valence-electron chi connectivity index (χ1n) is 20.4. The Morgan fingerprint density at radius 2 is 0.700 bits per heavy atom. The van der Waals surface area contributed by atoms with E-state index in [4.69, 9.17) is 17.5 Å². The number of aromatic hydroxyl groups is 1. The smallest absolute Gasteiger partial charge is 0.123 e. The molecule has 1 N–H and O–H groups in total. The van der Waals surface area contributed by atoms with E-state index >= 15 is 0 Å². The van der Waals surface area contributed by atoms with Crippen LogP contribution in [0.4, 0.5) is 0 Å². The highest BCUT2D eigenvalue weighted by Crippen LogP contribution is 2.23. The zero-order chi connectivity index (χ0) is 38.2. The molecule has 0 aliphatic rings. The molecule has 0 bridgehead atoms. The minimum Gasteiger partial charge on any atom is -0.759 e. The van der Waals surface area contributed by atoms with Crippen LogP contribution in [0, 0.1) is 0 Å². The van der Waals surface area contributed by atoms with Gasteiger partial charge in [0.1, 0.15) is 5.75 Å². The molecule has 294 valence electrons. The second kappa shape index (κ2) is 32.0. The molecule has 0 unspecified atom stereocenters. The normalized spacial score (nSPS) is 11.6. The largest absolute Gasteiger partial charge is 0.759 e. The van der Waals surface area contributed by atoms with Gasteiger partial charge in [-0.2, -0.15) is 0 Å². The summed E-state index contributed by atoms with van der Waals surface area (Å²) in [5.74, 6) is 0.350. The van der Waals surface area contributed by atoms with Crippen LogP contribution in [0.1, 0.15) is 158 Å². The van der Waals surface area contributed by atoms with E-state index in [-0.39, 0.29) is 0 Å². The Hall–Kier alpha value is -1.71. The number of phenolic OH excluding ortho intramolecular Hbond substituents is 1. The van der Waals surface area contributed by atoms with E-state index in [1.807, 2.05) is 36.4 Å². The van der Waals surface area contributed by atoms with Gasteiger partial charge in [-0.1, -0.05) is 143 Å². The van der Waals surface area contributed by atoms with Crippen molar-refractivity contribution in [3.8, 4) is 5.75 Å². The molecule has 0 spiro atoms. The number of rotatable bonds is 24. The molecule has 7 nitrogen and oxygen atoms in total. The second-order valence-electron chi connectivity index (χ2n) is 14.2. The van der Waals surface area contributed by atoms with Crippen molar-refractivity contribution in [2.24, 2.45) is 0 Å². The first-order valence-corrected chi connectivity index (χ1v) is 21.7. The number of nitrogens with zero attached hydrogens (tertiary/aromatic N) is 2. The number of quaternary nitrogens is 2.